The van der Waals surface area contributed by atoms with Gasteiger partial charge in [0.25, 0.3) is 0 Å². The number of benzene rings is 1. The van der Waals surface area contributed by atoms with Gasteiger partial charge in [-0.2, -0.15) is 0 Å². The van der Waals surface area contributed by atoms with E-state index in [0.29, 0.717) is 0 Å². The van der Waals surface area contributed by atoms with Gasteiger partial charge in [-0.05, 0) is 51.8 Å². The average molecular weight is 311 g/mol. The quantitative estimate of drug-likeness (QED) is 0.923. The maximum absolute atomic E-state index is 6.30. The van der Waals surface area contributed by atoms with Crippen LogP contribution in [0.1, 0.15) is 45.7 Å². The highest BCUT2D eigenvalue weighted by molar-refractivity contribution is 6.30. The molecule has 1 aromatic rings. The molecule has 1 atom stereocenters. The highest BCUT2D eigenvalue weighted by atomic mass is 35.5. The number of rotatable bonds is 4. The Bertz CT molecular complexity index is 454. The molecule has 0 radical (unpaired) electrons. The lowest BCUT2D eigenvalue weighted by Gasteiger charge is -2.47. The van der Waals surface area contributed by atoms with Crippen molar-refractivity contribution in [3.8, 4) is 0 Å². The van der Waals surface area contributed by atoms with Gasteiger partial charge in [-0.1, -0.05) is 23.7 Å². The molecule has 0 aliphatic carbocycles. The Balaban J connectivity index is 1.91. The topological polar surface area (TPSA) is 38.5 Å². The molecule has 1 aromatic carbocycles. The van der Waals surface area contributed by atoms with E-state index in [9.17, 15) is 0 Å². The first kappa shape index (κ1) is 16.8. The van der Waals surface area contributed by atoms with Crippen LogP contribution in [0.4, 0.5) is 0 Å². The summed E-state index contributed by atoms with van der Waals surface area (Å²) in [6, 6.07) is 7.88. The fourth-order valence-electron chi connectivity index (χ4n) is 3.30. The van der Waals surface area contributed by atoms with Crippen LogP contribution in [0.15, 0.2) is 24.3 Å². The zero-order valence-corrected chi connectivity index (χ0v) is 14.3. The molecule has 1 heterocycles. The summed E-state index contributed by atoms with van der Waals surface area (Å²) in [5.41, 5.74) is 7.23. The lowest BCUT2D eigenvalue weighted by molar-refractivity contribution is -0.180. The zero-order valence-electron chi connectivity index (χ0n) is 13.5. The minimum absolute atomic E-state index is 0.0522. The third-order valence-electron chi connectivity index (χ3n) is 3.82. The van der Waals surface area contributed by atoms with E-state index in [-0.39, 0.29) is 17.2 Å². The van der Waals surface area contributed by atoms with Crippen molar-refractivity contribution in [2.24, 2.45) is 5.73 Å². The first-order valence-corrected chi connectivity index (χ1v) is 7.98. The van der Waals surface area contributed by atoms with Gasteiger partial charge in [0.2, 0.25) is 0 Å². The summed E-state index contributed by atoms with van der Waals surface area (Å²) in [6.07, 6.45) is 0.938. The molecular formula is C17H27ClN2O. The summed E-state index contributed by atoms with van der Waals surface area (Å²) in [6.45, 7) is 11.5. The lowest BCUT2D eigenvalue weighted by Crippen LogP contribution is -2.57. The van der Waals surface area contributed by atoms with Gasteiger partial charge in [-0.3, -0.25) is 4.90 Å². The Hall–Kier alpha value is -0.610. The van der Waals surface area contributed by atoms with E-state index in [1.54, 1.807) is 0 Å². The number of nitrogens with zero attached hydrogens (tertiary/aromatic N) is 1. The highest BCUT2D eigenvalue weighted by Gasteiger charge is 2.37. The Morgan fingerprint density at radius 3 is 2.19 bits per heavy atom. The first-order chi connectivity index (χ1) is 9.67. The van der Waals surface area contributed by atoms with Crippen molar-refractivity contribution in [1.29, 1.82) is 0 Å². The number of halogens is 1. The molecule has 0 amide bonds. The van der Waals surface area contributed by atoms with Crippen molar-refractivity contribution in [2.45, 2.75) is 51.4 Å². The van der Waals surface area contributed by atoms with Gasteiger partial charge in [0.1, 0.15) is 0 Å². The van der Waals surface area contributed by atoms with E-state index in [4.69, 9.17) is 22.1 Å². The Morgan fingerprint density at radius 2 is 1.67 bits per heavy atom. The van der Waals surface area contributed by atoms with Crippen molar-refractivity contribution >= 4 is 11.6 Å². The third kappa shape index (κ3) is 4.96. The monoisotopic (exact) mass is 310 g/mol. The van der Waals surface area contributed by atoms with Gasteiger partial charge in [-0.15, -0.1) is 0 Å². The predicted octanol–water partition coefficient (Wildman–Crippen LogP) is 3.62. The van der Waals surface area contributed by atoms with Crippen LogP contribution in [-0.2, 0) is 4.74 Å². The summed E-state index contributed by atoms with van der Waals surface area (Å²) < 4.78 is 6.11. The van der Waals surface area contributed by atoms with E-state index >= 15 is 0 Å². The fourth-order valence-corrected chi connectivity index (χ4v) is 3.43. The molecule has 1 aliphatic rings. The van der Waals surface area contributed by atoms with Crippen LogP contribution in [-0.4, -0.2) is 35.7 Å². The second-order valence-electron chi connectivity index (χ2n) is 7.28. The molecule has 2 N–H and O–H groups in total. The summed E-state index contributed by atoms with van der Waals surface area (Å²) in [7, 11) is 0. The molecule has 3 nitrogen and oxygen atoms in total. The van der Waals surface area contributed by atoms with E-state index in [1.165, 1.54) is 0 Å². The minimum atomic E-state index is -0.105. The van der Waals surface area contributed by atoms with Crippen molar-refractivity contribution in [1.82, 2.24) is 4.90 Å². The second kappa shape index (κ2) is 6.25. The summed E-state index contributed by atoms with van der Waals surface area (Å²) in [5.74, 6) is 0. The molecule has 1 unspecified atom stereocenters. The van der Waals surface area contributed by atoms with Gasteiger partial charge in [0, 0.05) is 30.7 Å². The smallest absolute Gasteiger partial charge is 0.0760 e. The van der Waals surface area contributed by atoms with Gasteiger partial charge >= 0.3 is 0 Å². The van der Waals surface area contributed by atoms with Gasteiger partial charge in [0.15, 0.2) is 0 Å². The van der Waals surface area contributed by atoms with Crippen LogP contribution in [0.25, 0.3) is 0 Å². The molecular weight excluding hydrogens is 284 g/mol. The van der Waals surface area contributed by atoms with Gasteiger partial charge in [0.05, 0.1) is 11.2 Å². The van der Waals surface area contributed by atoms with Crippen molar-refractivity contribution in [3.63, 3.8) is 0 Å². The molecule has 0 bridgehead atoms. The Morgan fingerprint density at radius 1 is 1.14 bits per heavy atom. The molecule has 1 saturated heterocycles. The van der Waals surface area contributed by atoms with E-state index in [2.05, 4.69) is 32.6 Å². The maximum atomic E-state index is 6.30. The fraction of sp³-hybridized carbons (Fsp3) is 0.647. The van der Waals surface area contributed by atoms with Crippen molar-refractivity contribution in [3.05, 3.63) is 34.9 Å². The molecule has 2 rings (SSSR count). The van der Waals surface area contributed by atoms with E-state index < -0.39 is 0 Å². The first-order valence-electron chi connectivity index (χ1n) is 7.60. The van der Waals surface area contributed by atoms with Crippen LogP contribution in [0.3, 0.4) is 0 Å². The van der Waals surface area contributed by atoms with Crippen molar-refractivity contribution in [2.75, 3.05) is 19.6 Å². The standard InChI is InChI=1S/C17H27ClN2O/c1-16(2)11-20(12-17(3,4)21-16)10-9-15(19)13-5-7-14(18)8-6-13/h5-8,15H,9-12,19H2,1-4H3. The SMILES string of the molecule is CC1(C)CN(CCC(N)c2ccc(Cl)cc2)CC(C)(C)O1. The van der Waals surface area contributed by atoms with Crippen LogP contribution in [0.5, 0.6) is 0 Å². The number of nitrogens with two attached hydrogens (primary N) is 1. The molecule has 0 saturated carbocycles. The number of hydrogen-bond donors (Lipinski definition) is 1. The van der Waals surface area contributed by atoms with Crippen LogP contribution >= 0.6 is 11.6 Å². The van der Waals surface area contributed by atoms with Crippen LogP contribution in [0, 0.1) is 0 Å². The van der Waals surface area contributed by atoms with E-state index in [0.717, 1.165) is 36.6 Å². The highest BCUT2D eigenvalue weighted by Crippen LogP contribution is 2.28. The normalized spacial score (nSPS) is 23.0. The molecule has 4 heteroatoms. The molecule has 21 heavy (non-hydrogen) atoms. The minimum Gasteiger partial charge on any atom is -0.367 e. The molecule has 118 valence electrons. The number of morpholine rings is 1. The predicted molar refractivity (Wildman–Crippen MR) is 88.7 cm³/mol. The molecule has 1 fully saturated rings. The van der Waals surface area contributed by atoms with Gasteiger partial charge in [-0.25, -0.2) is 0 Å². The summed E-state index contributed by atoms with van der Waals surface area (Å²) in [5, 5.41) is 0.752. The van der Waals surface area contributed by atoms with E-state index in [1.807, 2.05) is 24.3 Å². The Kier molecular flexibility index (Phi) is 4.99. The van der Waals surface area contributed by atoms with Crippen LogP contribution < -0.4 is 5.73 Å². The maximum Gasteiger partial charge on any atom is 0.0760 e. The summed E-state index contributed by atoms with van der Waals surface area (Å²) >= 11 is 5.92. The Labute approximate surface area is 133 Å². The summed E-state index contributed by atoms with van der Waals surface area (Å²) in [4.78, 5) is 2.46. The van der Waals surface area contributed by atoms with Crippen LogP contribution in [0.2, 0.25) is 5.02 Å². The lowest BCUT2D eigenvalue weighted by atomic mass is 9.98. The number of ether oxygens (including phenoxy) is 1. The molecule has 0 spiro atoms. The zero-order chi connectivity index (χ0) is 15.7. The second-order valence-corrected chi connectivity index (χ2v) is 7.72. The molecule has 0 aromatic heterocycles. The molecule has 1 aliphatic heterocycles. The average Bonchev–Trinajstić information content (AvgIpc) is 2.33. The number of hydrogen-bond acceptors (Lipinski definition) is 3. The largest absolute Gasteiger partial charge is 0.367 e. The van der Waals surface area contributed by atoms with Crippen molar-refractivity contribution < 1.29 is 4.74 Å². The van der Waals surface area contributed by atoms with Gasteiger partial charge < -0.3 is 10.5 Å². The third-order valence-corrected chi connectivity index (χ3v) is 4.07.